The van der Waals surface area contributed by atoms with Crippen LogP contribution in [-0.2, 0) is 14.3 Å². The Bertz CT molecular complexity index is 468. The van der Waals surface area contributed by atoms with Gasteiger partial charge in [-0.05, 0) is 24.3 Å². The maximum absolute atomic E-state index is 11.9. The second-order valence-electron chi connectivity index (χ2n) is 4.54. The van der Waals surface area contributed by atoms with Crippen molar-refractivity contribution in [2.75, 3.05) is 13.7 Å². The Hall–Kier alpha value is -2.11. The number of primary amides is 1. The van der Waals surface area contributed by atoms with Gasteiger partial charge < -0.3 is 15.2 Å². The SMILES string of the molecule is COc1ccc(C(C(N)=O)C(=O)OCC2CC2)cn1. The first-order chi connectivity index (χ1) is 9.11. The number of nitrogens with zero attached hydrogens (tertiary/aromatic N) is 1. The molecule has 1 aromatic rings. The monoisotopic (exact) mass is 264 g/mol. The number of carbonyl (C=O) groups is 2. The Morgan fingerprint density at radius 3 is 2.68 bits per heavy atom. The van der Waals surface area contributed by atoms with Gasteiger partial charge in [0.25, 0.3) is 0 Å². The summed E-state index contributed by atoms with van der Waals surface area (Å²) in [7, 11) is 1.48. The normalized spacial score (nSPS) is 15.6. The van der Waals surface area contributed by atoms with E-state index in [2.05, 4.69) is 4.98 Å². The van der Waals surface area contributed by atoms with E-state index < -0.39 is 17.8 Å². The third-order valence-corrected chi connectivity index (χ3v) is 2.98. The average molecular weight is 264 g/mol. The number of hydrogen-bond donors (Lipinski definition) is 1. The molecule has 102 valence electrons. The first-order valence-electron chi connectivity index (χ1n) is 6.07. The van der Waals surface area contributed by atoms with Crippen LogP contribution in [0, 0.1) is 5.92 Å². The molecule has 1 aliphatic carbocycles. The van der Waals surface area contributed by atoms with Crippen LogP contribution in [-0.4, -0.2) is 30.6 Å². The van der Waals surface area contributed by atoms with E-state index >= 15 is 0 Å². The van der Waals surface area contributed by atoms with E-state index in [9.17, 15) is 9.59 Å². The van der Waals surface area contributed by atoms with E-state index in [1.807, 2.05) is 0 Å². The number of esters is 1. The Morgan fingerprint density at radius 2 is 2.21 bits per heavy atom. The molecule has 0 aliphatic heterocycles. The molecule has 1 fully saturated rings. The number of amides is 1. The van der Waals surface area contributed by atoms with Crippen LogP contribution < -0.4 is 10.5 Å². The zero-order valence-electron chi connectivity index (χ0n) is 10.7. The zero-order chi connectivity index (χ0) is 13.8. The van der Waals surface area contributed by atoms with Crippen molar-refractivity contribution in [3.8, 4) is 5.88 Å². The topological polar surface area (TPSA) is 91.5 Å². The van der Waals surface area contributed by atoms with Crippen molar-refractivity contribution in [3.05, 3.63) is 23.9 Å². The van der Waals surface area contributed by atoms with Crippen molar-refractivity contribution in [1.29, 1.82) is 0 Å². The summed E-state index contributed by atoms with van der Waals surface area (Å²) in [6.07, 6.45) is 3.53. The van der Waals surface area contributed by atoms with E-state index in [1.165, 1.54) is 13.3 Å². The largest absolute Gasteiger partial charge is 0.481 e. The molecule has 1 unspecified atom stereocenters. The summed E-state index contributed by atoms with van der Waals surface area (Å²) in [6, 6.07) is 3.15. The zero-order valence-corrected chi connectivity index (χ0v) is 10.7. The van der Waals surface area contributed by atoms with Crippen LogP contribution in [0.25, 0.3) is 0 Å². The number of methoxy groups -OCH3 is 1. The number of ether oxygens (including phenoxy) is 2. The molecule has 6 heteroatoms. The molecule has 2 rings (SSSR count). The molecular formula is C13H16N2O4. The van der Waals surface area contributed by atoms with Gasteiger partial charge in [0.15, 0.2) is 5.92 Å². The van der Waals surface area contributed by atoms with Gasteiger partial charge in [-0.2, -0.15) is 0 Å². The lowest BCUT2D eigenvalue weighted by molar-refractivity contribution is -0.148. The van der Waals surface area contributed by atoms with Crippen molar-refractivity contribution in [2.24, 2.45) is 11.7 Å². The molecule has 1 aliphatic rings. The van der Waals surface area contributed by atoms with Gasteiger partial charge in [0.05, 0.1) is 13.7 Å². The van der Waals surface area contributed by atoms with Crippen molar-refractivity contribution in [1.82, 2.24) is 4.98 Å². The van der Waals surface area contributed by atoms with Gasteiger partial charge in [-0.3, -0.25) is 9.59 Å². The molecule has 0 radical (unpaired) electrons. The Labute approximate surface area is 110 Å². The highest BCUT2D eigenvalue weighted by molar-refractivity contribution is 6.02. The molecule has 0 aromatic carbocycles. The predicted molar refractivity (Wildman–Crippen MR) is 66.4 cm³/mol. The van der Waals surface area contributed by atoms with Gasteiger partial charge >= 0.3 is 5.97 Å². The van der Waals surface area contributed by atoms with Gasteiger partial charge in [0.1, 0.15) is 0 Å². The summed E-state index contributed by atoms with van der Waals surface area (Å²) >= 11 is 0. The molecule has 0 bridgehead atoms. The minimum atomic E-state index is -1.11. The molecule has 0 spiro atoms. The lowest BCUT2D eigenvalue weighted by Gasteiger charge is -2.13. The third-order valence-electron chi connectivity index (χ3n) is 2.98. The van der Waals surface area contributed by atoms with Crippen LogP contribution in [0.2, 0.25) is 0 Å². The van der Waals surface area contributed by atoms with Crippen LogP contribution in [0.1, 0.15) is 24.3 Å². The molecule has 1 aromatic heterocycles. The lowest BCUT2D eigenvalue weighted by atomic mass is 10.0. The Morgan fingerprint density at radius 1 is 1.47 bits per heavy atom. The summed E-state index contributed by atoms with van der Waals surface area (Å²) in [5.74, 6) is -1.64. The molecule has 2 N–H and O–H groups in total. The van der Waals surface area contributed by atoms with Gasteiger partial charge in [-0.1, -0.05) is 6.07 Å². The van der Waals surface area contributed by atoms with Crippen LogP contribution in [0.15, 0.2) is 18.3 Å². The van der Waals surface area contributed by atoms with Crippen LogP contribution in [0.5, 0.6) is 5.88 Å². The van der Waals surface area contributed by atoms with E-state index in [4.69, 9.17) is 15.2 Å². The second-order valence-corrected chi connectivity index (χ2v) is 4.54. The van der Waals surface area contributed by atoms with E-state index in [0.29, 0.717) is 24.0 Å². The molecule has 1 heterocycles. The number of pyridine rings is 1. The molecule has 1 saturated carbocycles. The van der Waals surface area contributed by atoms with Crippen LogP contribution in [0.3, 0.4) is 0 Å². The highest BCUT2D eigenvalue weighted by Crippen LogP contribution is 2.29. The highest BCUT2D eigenvalue weighted by atomic mass is 16.5. The molecule has 1 amide bonds. The molecule has 6 nitrogen and oxygen atoms in total. The predicted octanol–water partition coefficient (Wildman–Crippen LogP) is 0.612. The first-order valence-corrected chi connectivity index (χ1v) is 6.07. The van der Waals surface area contributed by atoms with E-state index in [-0.39, 0.29) is 0 Å². The van der Waals surface area contributed by atoms with Gasteiger partial charge in [-0.25, -0.2) is 4.98 Å². The maximum Gasteiger partial charge on any atom is 0.323 e. The standard InChI is InChI=1S/C13H16N2O4/c1-18-10-5-4-9(6-15-10)11(12(14)16)13(17)19-7-8-2-3-8/h4-6,8,11H,2-3,7H2,1H3,(H2,14,16). The van der Waals surface area contributed by atoms with Gasteiger partial charge in [-0.15, -0.1) is 0 Å². The van der Waals surface area contributed by atoms with Gasteiger partial charge in [0.2, 0.25) is 11.8 Å². The summed E-state index contributed by atoms with van der Waals surface area (Å²) in [5.41, 5.74) is 5.67. The van der Waals surface area contributed by atoms with Crippen molar-refractivity contribution in [2.45, 2.75) is 18.8 Å². The highest BCUT2D eigenvalue weighted by Gasteiger charge is 2.31. The smallest absolute Gasteiger partial charge is 0.323 e. The fourth-order valence-electron chi connectivity index (χ4n) is 1.67. The average Bonchev–Trinajstić information content (AvgIpc) is 3.21. The van der Waals surface area contributed by atoms with Crippen molar-refractivity contribution in [3.63, 3.8) is 0 Å². The van der Waals surface area contributed by atoms with Crippen molar-refractivity contribution >= 4 is 11.9 Å². The number of hydrogen-bond acceptors (Lipinski definition) is 5. The molecule has 0 saturated heterocycles. The summed E-state index contributed by atoms with van der Waals surface area (Å²) in [6.45, 7) is 0.353. The van der Waals surface area contributed by atoms with Crippen molar-refractivity contribution < 1.29 is 19.1 Å². The Balaban J connectivity index is 2.08. The minimum absolute atomic E-state index is 0.353. The lowest BCUT2D eigenvalue weighted by Crippen LogP contribution is -2.30. The van der Waals surface area contributed by atoms with Gasteiger partial charge in [0, 0.05) is 12.3 Å². The number of aromatic nitrogens is 1. The second kappa shape index (κ2) is 5.69. The minimum Gasteiger partial charge on any atom is -0.481 e. The fourth-order valence-corrected chi connectivity index (χ4v) is 1.67. The summed E-state index contributed by atoms with van der Waals surface area (Å²) in [4.78, 5) is 27.3. The first kappa shape index (κ1) is 13.3. The number of nitrogens with two attached hydrogens (primary N) is 1. The summed E-state index contributed by atoms with van der Waals surface area (Å²) < 4.78 is 10.0. The summed E-state index contributed by atoms with van der Waals surface area (Å²) in [5, 5.41) is 0. The van der Waals surface area contributed by atoms with Crippen LogP contribution in [0.4, 0.5) is 0 Å². The number of carbonyl (C=O) groups excluding carboxylic acids is 2. The van der Waals surface area contributed by atoms with E-state index in [1.54, 1.807) is 12.1 Å². The third kappa shape index (κ3) is 3.43. The van der Waals surface area contributed by atoms with E-state index in [0.717, 1.165) is 12.8 Å². The molecule has 19 heavy (non-hydrogen) atoms. The molecular weight excluding hydrogens is 248 g/mol. The number of rotatable bonds is 6. The Kier molecular flexibility index (Phi) is 3.99. The fraction of sp³-hybridized carbons (Fsp3) is 0.462. The molecule has 1 atom stereocenters. The maximum atomic E-state index is 11.9. The van der Waals surface area contributed by atoms with Crippen LogP contribution >= 0.6 is 0 Å². The quantitative estimate of drug-likeness (QED) is 0.600.